The first-order chi connectivity index (χ1) is 6.25. The van der Waals surface area contributed by atoms with Crippen LogP contribution in [0, 0.1) is 0 Å². The summed E-state index contributed by atoms with van der Waals surface area (Å²) < 4.78 is 5.60. The maximum absolute atomic E-state index is 10.7. The molecule has 1 heterocycles. The van der Waals surface area contributed by atoms with Crippen molar-refractivity contribution in [2.24, 2.45) is 0 Å². The van der Waals surface area contributed by atoms with Gasteiger partial charge in [-0.3, -0.25) is 4.98 Å². The Balaban J connectivity index is 2.52. The number of H-pyrrole nitrogens is 1. The lowest BCUT2D eigenvalue weighted by Gasteiger charge is -1.95. The monoisotopic (exact) mass is 239 g/mol. The van der Waals surface area contributed by atoms with Gasteiger partial charge in [0.2, 0.25) is 0 Å². The number of aromatic nitrogens is 1. The minimum Gasteiger partial charge on any atom is -0.416 e. The van der Waals surface area contributed by atoms with Crippen LogP contribution in [-0.4, -0.2) is 4.98 Å². The van der Waals surface area contributed by atoms with E-state index in [1.807, 2.05) is 24.3 Å². The lowest BCUT2D eigenvalue weighted by molar-refractivity contribution is 0.515. The Labute approximate surface area is 82.5 Å². The summed E-state index contributed by atoms with van der Waals surface area (Å²) in [4.78, 5) is 13.3. The molecule has 66 valence electrons. The molecule has 0 saturated carbocycles. The molecule has 0 aliphatic rings. The Kier molecular flexibility index (Phi) is 2.06. The summed E-state index contributed by atoms with van der Waals surface area (Å²) in [5.74, 6) is -0.435. The van der Waals surface area contributed by atoms with Crippen LogP contribution >= 0.6 is 15.9 Å². The van der Waals surface area contributed by atoms with Gasteiger partial charge in [0, 0.05) is 10.0 Å². The Morgan fingerprint density at radius 3 is 2.85 bits per heavy atom. The first kappa shape index (κ1) is 8.31. The fraction of sp³-hybridized carbons (Fsp3) is 0. The molecule has 13 heavy (non-hydrogen) atoms. The second kappa shape index (κ2) is 3.22. The fourth-order valence-corrected chi connectivity index (χ4v) is 1.48. The predicted octanol–water partition coefficient (Wildman–Crippen LogP) is 2.40. The SMILES string of the molecule is O=c1[nH]c(-c2cccc(Br)c2)co1. The average Bonchev–Trinajstić information content (AvgIpc) is 2.52. The molecular weight excluding hydrogens is 234 g/mol. The summed E-state index contributed by atoms with van der Waals surface area (Å²) in [7, 11) is 0. The van der Waals surface area contributed by atoms with E-state index in [2.05, 4.69) is 25.3 Å². The molecule has 4 heteroatoms. The molecule has 0 radical (unpaired) electrons. The predicted molar refractivity (Wildman–Crippen MR) is 52.5 cm³/mol. The number of nitrogens with one attached hydrogen (secondary N) is 1. The third-order valence-electron chi connectivity index (χ3n) is 1.66. The largest absolute Gasteiger partial charge is 0.416 e. The van der Waals surface area contributed by atoms with Gasteiger partial charge in [0.05, 0.1) is 5.69 Å². The van der Waals surface area contributed by atoms with Gasteiger partial charge >= 0.3 is 5.76 Å². The number of hydrogen-bond acceptors (Lipinski definition) is 2. The maximum Gasteiger partial charge on any atom is 0.416 e. The summed E-state index contributed by atoms with van der Waals surface area (Å²) in [6.45, 7) is 0. The molecule has 0 amide bonds. The van der Waals surface area contributed by atoms with Gasteiger partial charge in [-0.1, -0.05) is 28.1 Å². The molecule has 0 fully saturated rings. The van der Waals surface area contributed by atoms with Crippen molar-refractivity contribution in [3.63, 3.8) is 0 Å². The number of aromatic amines is 1. The van der Waals surface area contributed by atoms with Gasteiger partial charge in [-0.25, -0.2) is 4.79 Å². The fourth-order valence-electron chi connectivity index (χ4n) is 1.08. The molecule has 2 rings (SSSR count). The van der Waals surface area contributed by atoms with Gasteiger partial charge in [0.15, 0.2) is 0 Å². The molecule has 0 aliphatic carbocycles. The van der Waals surface area contributed by atoms with Gasteiger partial charge in [0.25, 0.3) is 0 Å². The number of benzene rings is 1. The Morgan fingerprint density at radius 1 is 1.38 bits per heavy atom. The van der Waals surface area contributed by atoms with Crippen molar-refractivity contribution >= 4 is 15.9 Å². The summed E-state index contributed by atoms with van der Waals surface area (Å²) in [6.07, 6.45) is 1.41. The van der Waals surface area contributed by atoms with Crippen molar-refractivity contribution in [3.8, 4) is 11.3 Å². The van der Waals surface area contributed by atoms with Crippen molar-refractivity contribution in [2.75, 3.05) is 0 Å². The van der Waals surface area contributed by atoms with Crippen LogP contribution in [0.25, 0.3) is 11.3 Å². The zero-order valence-electron chi connectivity index (χ0n) is 6.58. The van der Waals surface area contributed by atoms with E-state index in [0.717, 1.165) is 10.0 Å². The van der Waals surface area contributed by atoms with Gasteiger partial charge in [0.1, 0.15) is 6.26 Å². The lowest BCUT2D eigenvalue weighted by atomic mass is 10.2. The molecule has 1 N–H and O–H groups in total. The van der Waals surface area contributed by atoms with E-state index in [1.54, 1.807) is 0 Å². The number of oxazole rings is 1. The Bertz CT molecular complexity index is 472. The highest BCUT2D eigenvalue weighted by atomic mass is 79.9. The van der Waals surface area contributed by atoms with E-state index < -0.39 is 5.76 Å². The Morgan fingerprint density at radius 2 is 2.23 bits per heavy atom. The third-order valence-corrected chi connectivity index (χ3v) is 2.15. The average molecular weight is 240 g/mol. The van der Waals surface area contributed by atoms with Crippen molar-refractivity contribution < 1.29 is 4.42 Å². The second-order valence-corrected chi connectivity index (χ2v) is 3.49. The number of halogens is 1. The standard InChI is InChI=1S/C9H6BrNO2/c10-7-3-1-2-6(4-7)8-5-13-9(12)11-8/h1-5H,(H,11,12). The summed E-state index contributed by atoms with van der Waals surface area (Å²) in [6, 6.07) is 7.61. The van der Waals surface area contributed by atoms with Crippen LogP contribution in [-0.2, 0) is 0 Å². The maximum atomic E-state index is 10.7. The minimum absolute atomic E-state index is 0.435. The molecule has 0 aliphatic heterocycles. The van der Waals surface area contributed by atoms with Crippen molar-refractivity contribution in [1.29, 1.82) is 0 Å². The zero-order chi connectivity index (χ0) is 9.26. The summed E-state index contributed by atoms with van der Waals surface area (Å²) in [5.41, 5.74) is 1.60. The van der Waals surface area contributed by atoms with E-state index in [4.69, 9.17) is 0 Å². The first-order valence-electron chi connectivity index (χ1n) is 3.69. The Hall–Kier alpha value is -1.29. The molecule has 1 aromatic carbocycles. The molecule has 0 spiro atoms. The molecule has 3 nitrogen and oxygen atoms in total. The van der Waals surface area contributed by atoms with E-state index in [-0.39, 0.29) is 0 Å². The van der Waals surface area contributed by atoms with Crippen LogP contribution in [0.5, 0.6) is 0 Å². The molecule has 0 unspecified atom stereocenters. The van der Waals surface area contributed by atoms with E-state index >= 15 is 0 Å². The van der Waals surface area contributed by atoms with Gasteiger partial charge in [-0.05, 0) is 12.1 Å². The van der Waals surface area contributed by atoms with Crippen LogP contribution in [0.4, 0.5) is 0 Å². The highest BCUT2D eigenvalue weighted by molar-refractivity contribution is 9.10. The third kappa shape index (κ3) is 1.72. The number of rotatable bonds is 1. The van der Waals surface area contributed by atoms with E-state index in [9.17, 15) is 4.79 Å². The zero-order valence-corrected chi connectivity index (χ0v) is 8.17. The first-order valence-corrected chi connectivity index (χ1v) is 4.49. The van der Waals surface area contributed by atoms with Crippen LogP contribution < -0.4 is 5.76 Å². The molecule has 0 atom stereocenters. The molecule has 1 aromatic heterocycles. The van der Waals surface area contributed by atoms with Gasteiger partial charge < -0.3 is 4.42 Å². The van der Waals surface area contributed by atoms with E-state index in [0.29, 0.717) is 5.69 Å². The molecule has 2 aromatic rings. The second-order valence-electron chi connectivity index (χ2n) is 2.57. The van der Waals surface area contributed by atoms with Crippen LogP contribution in [0.2, 0.25) is 0 Å². The highest BCUT2D eigenvalue weighted by Crippen LogP contribution is 2.19. The topological polar surface area (TPSA) is 46.0 Å². The smallest absolute Gasteiger partial charge is 0.416 e. The van der Waals surface area contributed by atoms with Gasteiger partial charge in [-0.2, -0.15) is 0 Å². The number of hydrogen-bond donors (Lipinski definition) is 1. The molecule has 0 saturated heterocycles. The van der Waals surface area contributed by atoms with Crippen molar-refractivity contribution in [3.05, 3.63) is 45.6 Å². The normalized spacial score (nSPS) is 10.2. The minimum atomic E-state index is -0.435. The molecular formula is C9H6BrNO2. The lowest BCUT2D eigenvalue weighted by Crippen LogP contribution is -1.94. The van der Waals surface area contributed by atoms with Crippen molar-refractivity contribution in [2.45, 2.75) is 0 Å². The van der Waals surface area contributed by atoms with Crippen molar-refractivity contribution in [1.82, 2.24) is 4.98 Å². The summed E-state index contributed by atoms with van der Waals surface area (Å²) in [5, 5.41) is 0. The quantitative estimate of drug-likeness (QED) is 0.831. The highest BCUT2D eigenvalue weighted by Gasteiger charge is 2.00. The summed E-state index contributed by atoms with van der Waals surface area (Å²) >= 11 is 3.34. The van der Waals surface area contributed by atoms with Crippen LogP contribution in [0.15, 0.2) is 44.2 Å². The van der Waals surface area contributed by atoms with Crippen LogP contribution in [0.1, 0.15) is 0 Å². The van der Waals surface area contributed by atoms with E-state index in [1.165, 1.54) is 6.26 Å². The van der Waals surface area contributed by atoms with Crippen LogP contribution in [0.3, 0.4) is 0 Å². The molecule has 0 bridgehead atoms. The van der Waals surface area contributed by atoms with Gasteiger partial charge in [-0.15, -0.1) is 0 Å².